The number of nitrogens with zero attached hydrogens (tertiary/aromatic N) is 1. The highest BCUT2D eigenvalue weighted by atomic mass is 79.9. The maximum atomic E-state index is 6.00. The van der Waals surface area contributed by atoms with Crippen LogP contribution in [0.25, 0.3) is 0 Å². The Morgan fingerprint density at radius 3 is 3.00 bits per heavy atom. The number of nitrogens with one attached hydrogen (secondary N) is 1. The number of nitrogens with two attached hydrogens (primary N) is 1. The van der Waals surface area contributed by atoms with Crippen molar-refractivity contribution in [3.05, 3.63) is 22.3 Å². The summed E-state index contributed by atoms with van der Waals surface area (Å²) in [5.41, 5.74) is 7.15. The SMILES string of the molecule is Cc1cnc(NCC(N)C2CC2)c(Br)c1. The summed E-state index contributed by atoms with van der Waals surface area (Å²) >= 11 is 3.48. The Morgan fingerprint density at radius 2 is 2.40 bits per heavy atom. The largest absolute Gasteiger partial charge is 0.368 e. The summed E-state index contributed by atoms with van der Waals surface area (Å²) in [5, 5.41) is 3.28. The molecule has 0 amide bonds. The topological polar surface area (TPSA) is 50.9 Å². The molecule has 1 atom stereocenters. The summed E-state index contributed by atoms with van der Waals surface area (Å²) in [6.07, 6.45) is 4.42. The van der Waals surface area contributed by atoms with E-state index in [0.717, 1.165) is 28.3 Å². The second-order valence-corrected chi connectivity index (χ2v) is 5.08. The lowest BCUT2D eigenvalue weighted by Gasteiger charge is -2.13. The van der Waals surface area contributed by atoms with E-state index in [-0.39, 0.29) is 6.04 Å². The van der Waals surface area contributed by atoms with E-state index in [2.05, 4.69) is 32.3 Å². The molecule has 1 fully saturated rings. The van der Waals surface area contributed by atoms with Gasteiger partial charge in [-0.15, -0.1) is 0 Å². The van der Waals surface area contributed by atoms with E-state index in [1.165, 1.54) is 12.8 Å². The molecule has 1 aliphatic rings. The van der Waals surface area contributed by atoms with E-state index in [1.807, 2.05) is 13.1 Å². The first-order chi connectivity index (χ1) is 7.16. The number of aromatic nitrogens is 1. The number of anilines is 1. The van der Waals surface area contributed by atoms with E-state index in [0.29, 0.717) is 0 Å². The molecule has 82 valence electrons. The van der Waals surface area contributed by atoms with Crippen molar-refractivity contribution in [3.8, 4) is 0 Å². The van der Waals surface area contributed by atoms with Gasteiger partial charge in [0.25, 0.3) is 0 Å². The van der Waals surface area contributed by atoms with Crippen LogP contribution in [0.5, 0.6) is 0 Å². The smallest absolute Gasteiger partial charge is 0.140 e. The maximum Gasteiger partial charge on any atom is 0.140 e. The predicted molar refractivity (Wildman–Crippen MR) is 65.9 cm³/mol. The van der Waals surface area contributed by atoms with Crippen LogP contribution in [-0.4, -0.2) is 17.6 Å². The maximum absolute atomic E-state index is 6.00. The standard InChI is InChI=1S/C11H16BrN3/c1-7-4-9(12)11(14-5-7)15-6-10(13)8-2-3-8/h4-5,8,10H,2-3,6,13H2,1H3,(H,14,15). The second kappa shape index (κ2) is 4.49. The summed E-state index contributed by atoms with van der Waals surface area (Å²) in [4.78, 5) is 4.32. The van der Waals surface area contributed by atoms with Gasteiger partial charge in [-0.05, 0) is 53.2 Å². The van der Waals surface area contributed by atoms with Crippen LogP contribution in [-0.2, 0) is 0 Å². The van der Waals surface area contributed by atoms with Crippen LogP contribution < -0.4 is 11.1 Å². The van der Waals surface area contributed by atoms with Crippen molar-refractivity contribution in [2.24, 2.45) is 11.7 Å². The summed E-state index contributed by atoms with van der Waals surface area (Å²) in [7, 11) is 0. The van der Waals surface area contributed by atoms with Gasteiger partial charge in [0.05, 0.1) is 4.47 Å². The van der Waals surface area contributed by atoms with Crippen LogP contribution in [0.1, 0.15) is 18.4 Å². The van der Waals surface area contributed by atoms with Gasteiger partial charge in [0.1, 0.15) is 5.82 Å². The van der Waals surface area contributed by atoms with Crippen molar-refractivity contribution in [3.63, 3.8) is 0 Å². The number of pyridine rings is 1. The molecule has 1 aromatic rings. The van der Waals surface area contributed by atoms with Crippen molar-refractivity contribution in [2.75, 3.05) is 11.9 Å². The molecule has 1 saturated carbocycles. The third kappa shape index (κ3) is 2.92. The molecule has 3 N–H and O–H groups in total. The van der Waals surface area contributed by atoms with Gasteiger partial charge >= 0.3 is 0 Å². The van der Waals surface area contributed by atoms with Crippen LogP contribution >= 0.6 is 15.9 Å². The average molecular weight is 270 g/mol. The number of halogens is 1. The second-order valence-electron chi connectivity index (χ2n) is 4.23. The number of rotatable bonds is 4. The van der Waals surface area contributed by atoms with Crippen LogP contribution in [0.15, 0.2) is 16.7 Å². The molecular formula is C11H16BrN3. The average Bonchev–Trinajstić information content (AvgIpc) is 2.99. The molecule has 1 aromatic heterocycles. The van der Waals surface area contributed by atoms with Gasteiger partial charge in [-0.1, -0.05) is 0 Å². The molecule has 1 heterocycles. The van der Waals surface area contributed by atoms with Gasteiger partial charge in [-0.25, -0.2) is 4.98 Å². The van der Waals surface area contributed by atoms with Crippen LogP contribution in [0.3, 0.4) is 0 Å². The van der Waals surface area contributed by atoms with Gasteiger partial charge in [0.2, 0.25) is 0 Å². The van der Waals surface area contributed by atoms with Crippen molar-refractivity contribution < 1.29 is 0 Å². The molecule has 2 rings (SSSR count). The lowest BCUT2D eigenvalue weighted by molar-refractivity contribution is 0.620. The molecule has 4 heteroatoms. The third-order valence-electron chi connectivity index (χ3n) is 2.71. The number of hydrogen-bond acceptors (Lipinski definition) is 3. The fourth-order valence-electron chi connectivity index (χ4n) is 1.57. The molecule has 1 aliphatic carbocycles. The zero-order valence-electron chi connectivity index (χ0n) is 8.83. The zero-order valence-corrected chi connectivity index (χ0v) is 10.4. The highest BCUT2D eigenvalue weighted by Crippen LogP contribution is 2.31. The normalized spacial score (nSPS) is 17.5. The Bertz CT molecular complexity index is 350. The lowest BCUT2D eigenvalue weighted by atomic mass is 10.2. The summed E-state index contributed by atoms with van der Waals surface area (Å²) < 4.78 is 1.01. The Hall–Kier alpha value is -0.610. The molecule has 1 unspecified atom stereocenters. The van der Waals surface area contributed by atoms with E-state index >= 15 is 0 Å². The minimum absolute atomic E-state index is 0.264. The first-order valence-corrected chi connectivity index (χ1v) is 6.07. The fraction of sp³-hybridized carbons (Fsp3) is 0.545. The molecule has 0 radical (unpaired) electrons. The fourth-order valence-corrected chi connectivity index (χ4v) is 2.17. The van der Waals surface area contributed by atoms with Gasteiger partial charge in [-0.3, -0.25) is 0 Å². The quantitative estimate of drug-likeness (QED) is 0.882. The van der Waals surface area contributed by atoms with Crippen LogP contribution in [0, 0.1) is 12.8 Å². The third-order valence-corrected chi connectivity index (χ3v) is 3.32. The first-order valence-electron chi connectivity index (χ1n) is 5.28. The van der Waals surface area contributed by atoms with E-state index in [9.17, 15) is 0 Å². The zero-order chi connectivity index (χ0) is 10.8. The minimum atomic E-state index is 0.264. The van der Waals surface area contributed by atoms with Gasteiger partial charge in [0.15, 0.2) is 0 Å². The van der Waals surface area contributed by atoms with Crippen molar-refractivity contribution >= 4 is 21.7 Å². The van der Waals surface area contributed by atoms with Crippen LogP contribution in [0.2, 0.25) is 0 Å². The summed E-state index contributed by atoms with van der Waals surface area (Å²) in [5.74, 6) is 1.61. The Morgan fingerprint density at radius 1 is 1.67 bits per heavy atom. The van der Waals surface area contributed by atoms with Crippen LogP contribution in [0.4, 0.5) is 5.82 Å². The minimum Gasteiger partial charge on any atom is -0.368 e. The molecule has 0 spiro atoms. The molecule has 0 aliphatic heterocycles. The van der Waals surface area contributed by atoms with Crippen molar-refractivity contribution in [2.45, 2.75) is 25.8 Å². The lowest BCUT2D eigenvalue weighted by Crippen LogP contribution is -2.31. The van der Waals surface area contributed by atoms with E-state index < -0.39 is 0 Å². The summed E-state index contributed by atoms with van der Waals surface area (Å²) in [6.45, 7) is 2.83. The predicted octanol–water partition coefficient (Wildman–Crippen LogP) is 2.30. The Balaban J connectivity index is 1.92. The van der Waals surface area contributed by atoms with Gasteiger partial charge < -0.3 is 11.1 Å². The molecule has 0 saturated heterocycles. The molecule has 0 aromatic carbocycles. The summed E-state index contributed by atoms with van der Waals surface area (Å²) in [6, 6.07) is 2.32. The molecule has 0 bridgehead atoms. The highest BCUT2D eigenvalue weighted by Gasteiger charge is 2.28. The highest BCUT2D eigenvalue weighted by molar-refractivity contribution is 9.10. The first kappa shape index (κ1) is 10.9. The molecule has 3 nitrogen and oxygen atoms in total. The van der Waals surface area contributed by atoms with Gasteiger partial charge in [0, 0.05) is 18.8 Å². The van der Waals surface area contributed by atoms with Crippen molar-refractivity contribution in [1.29, 1.82) is 0 Å². The van der Waals surface area contributed by atoms with E-state index in [4.69, 9.17) is 5.73 Å². The number of aryl methyl sites for hydroxylation is 1. The molecule has 15 heavy (non-hydrogen) atoms. The van der Waals surface area contributed by atoms with Gasteiger partial charge in [-0.2, -0.15) is 0 Å². The monoisotopic (exact) mass is 269 g/mol. The van der Waals surface area contributed by atoms with E-state index in [1.54, 1.807) is 0 Å². The number of hydrogen-bond donors (Lipinski definition) is 2. The molecular weight excluding hydrogens is 254 g/mol. The van der Waals surface area contributed by atoms with Crippen molar-refractivity contribution in [1.82, 2.24) is 4.98 Å². The Kier molecular flexibility index (Phi) is 3.26. The Labute approximate surface area is 98.6 Å².